The van der Waals surface area contributed by atoms with E-state index in [0.717, 1.165) is 161 Å². The van der Waals surface area contributed by atoms with Gasteiger partial charge in [-0.1, -0.05) is 262 Å². The van der Waals surface area contributed by atoms with Crippen molar-refractivity contribution in [2.45, 2.75) is 354 Å². The Labute approximate surface area is 571 Å². The third-order valence-electron chi connectivity index (χ3n) is 16.0. The monoisotopic (exact) mass is 1370 g/mol. The molecule has 0 heterocycles. The second-order valence-electron chi connectivity index (χ2n) is 25.2. The standard InChI is InChI=1S/C75H136O17P2/c1-5-9-13-17-21-25-29-31-32-33-34-35-36-38-42-44-48-52-56-60-73(78)86-66-71(92-75(80)62-58-54-50-46-40-28-24-20-16-12-8-4)68-90-94(83,84)88-64-69(76)63-87-93(81,82)89-67-70(91-74(79)61-57-53-49-45-39-27-23-19-15-11-7-3)65-85-72(77)59-55-51-47-43-41-37-30-26-22-18-14-10-6-2/h20-21,24-26,30-32,34-35,69-71,76H,5-19,22-23,27-29,33,36-68H2,1-4H3,(H,81,82)(H,83,84)/b24-20-,25-21-,30-26-,32-31-,35-34-. The van der Waals surface area contributed by atoms with Crippen LogP contribution >= 0.6 is 15.6 Å². The number of carbonyl (C=O) groups is 4. The van der Waals surface area contributed by atoms with Gasteiger partial charge in [0.1, 0.15) is 19.3 Å². The summed E-state index contributed by atoms with van der Waals surface area (Å²) in [6.07, 6.45) is 65.1. The first-order valence-electron chi connectivity index (χ1n) is 37.5. The summed E-state index contributed by atoms with van der Waals surface area (Å²) >= 11 is 0. The van der Waals surface area contributed by atoms with Gasteiger partial charge in [-0.2, -0.15) is 0 Å². The van der Waals surface area contributed by atoms with Crippen molar-refractivity contribution in [2.24, 2.45) is 0 Å². The molecule has 0 saturated heterocycles. The highest BCUT2D eigenvalue weighted by atomic mass is 31.2. The van der Waals surface area contributed by atoms with E-state index >= 15 is 0 Å². The summed E-state index contributed by atoms with van der Waals surface area (Å²) in [7, 11) is -9.93. The largest absolute Gasteiger partial charge is 0.472 e. The van der Waals surface area contributed by atoms with Gasteiger partial charge in [0.2, 0.25) is 0 Å². The van der Waals surface area contributed by atoms with Crippen LogP contribution in [0, 0.1) is 0 Å². The highest BCUT2D eigenvalue weighted by Gasteiger charge is 2.30. The van der Waals surface area contributed by atoms with E-state index in [1.807, 2.05) is 0 Å². The van der Waals surface area contributed by atoms with Crippen LogP contribution in [0.5, 0.6) is 0 Å². The van der Waals surface area contributed by atoms with E-state index in [0.29, 0.717) is 25.7 Å². The molecule has 0 aromatic carbocycles. The second kappa shape index (κ2) is 68.3. The lowest BCUT2D eigenvalue weighted by atomic mass is 10.1. The van der Waals surface area contributed by atoms with E-state index in [1.54, 1.807) is 0 Å². The Hall–Kier alpha value is -3.24. The number of allylic oxidation sites excluding steroid dienone is 10. The molecule has 0 fully saturated rings. The smallest absolute Gasteiger partial charge is 0.462 e. The minimum Gasteiger partial charge on any atom is -0.462 e. The van der Waals surface area contributed by atoms with Crippen molar-refractivity contribution in [2.75, 3.05) is 39.6 Å². The van der Waals surface area contributed by atoms with Gasteiger partial charge in [0.15, 0.2) is 12.2 Å². The fourth-order valence-corrected chi connectivity index (χ4v) is 11.7. The number of hydrogen-bond donors (Lipinski definition) is 3. The Morgan fingerprint density at radius 3 is 0.872 bits per heavy atom. The number of rotatable bonds is 71. The summed E-state index contributed by atoms with van der Waals surface area (Å²) in [5.41, 5.74) is 0. The highest BCUT2D eigenvalue weighted by Crippen LogP contribution is 2.45. The Kier molecular flexibility index (Phi) is 65.9. The molecule has 0 saturated carbocycles. The van der Waals surface area contributed by atoms with Crippen molar-refractivity contribution >= 4 is 39.5 Å². The number of carbonyl (C=O) groups excluding carboxylic acids is 4. The summed E-state index contributed by atoms with van der Waals surface area (Å²) in [5, 5.41) is 10.6. The molecule has 5 unspecified atom stereocenters. The van der Waals surface area contributed by atoms with Gasteiger partial charge in [0.05, 0.1) is 26.4 Å². The third-order valence-corrected chi connectivity index (χ3v) is 17.9. The first-order valence-corrected chi connectivity index (χ1v) is 40.5. The van der Waals surface area contributed by atoms with Gasteiger partial charge in [0.25, 0.3) is 0 Å². The average molecular weight is 1370 g/mol. The van der Waals surface area contributed by atoms with Gasteiger partial charge < -0.3 is 33.8 Å². The van der Waals surface area contributed by atoms with Crippen LogP contribution in [0.15, 0.2) is 60.8 Å². The Morgan fingerprint density at radius 1 is 0.298 bits per heavy atom. The Morgan fingerprint density at radius 2 is 0.532 bits per heavy atom. The molecule has 5 atom stereocenters. The molecule has 94 heavy (non-hydrogen) atoms. The fraction of sp³-hybridized carbons (Fsp3) is 0.813. The molecule has 0 amide bonds. The first-order chi connectivity index (χ1) is 45.7. The number of phosphoric acid groups is 2. The number of aliphatic hydroxyl groups excluding tert-OH is 1. The molecule has 0 radical (unpaired) electrons. The maximum Gasteiger partial charge on any atom is 0.472 e. The topological polar surface area (TPSA) is 237 Å². The molecule has 0 spiro atoms. The van der Waals surface area contributed by atoms with E-state index in [4.69, 9.17) is 37.0 Å². The zero-order valence-electron chi connectivity index (χ0n) is 59.6. The van der Waals surface area contributed by atoms with E-state index in [9.17, 15) is 43.2 Å². The average Bonchev–Trinajstić information content (AvgIpc) is 1.24. The van der Waals surface area contributed by atoms with Gasteiger partial charge in [0, 0.05) is 25.7 Å². The number of unbranched alkanes of at least 4 members (excludes halogenated alkanes) is 35. The summed E-state index contributed by atoms with van der Waals surface area (Å²) in [5.74, 6) is -2.18. The normalized spacial score (nSPS) is 14.3. The number of phosphoric ester groups is 2. The Bertz CT molecular complexity index is 2030. The van der Waals surface area contributed by atoms with Crippen LogP contribution < -0.4 is 0 Å². The van der Waals surface area contributed by atoms with Crippen molar-refractivity contribution in [1.29, 1.82) is 0 Å². The summed E-state index contributed by atoms with van der Waals surface area (Å²) in [6, 6.07) is 0. The van der Waals surface area contributed by atoms with Crippen LogP contribution in [0.3, 0.4) is 0 Å². The lowest BCUT2D eigenvalue weighted by Gasteiger charge is -2.21. The number of esters is 4. The van der Waals surface area contributed by atoms with Crippen molar-refractivity contribution in [3.8, 4) is 0 Å². The predicted molar refractivity (Wildman–Crippen MR) is 381 cm³/mol. The summed E-state index contributed by atoms with van der Waals surface area (Å²) < 4.78 is 68.3. The maximum atomic E-state index is 13.0. The fourth-order valence-electron chi connectivity index (χ4n) is 10.1. The Balaban J connectivity index is 5.26. The second-order valence-corrected chi connectivity index (χ2v) is 28.1. The molecule has 3 N–H and O–H groups in total. The van der Waals surface area contributed by atoms with Crippen LogP contribution in [0.2, 0.25) is 0 Å². The van der Waals surface area contributed by atoms with Crippen molar-refractivity contribution in [1.82, 2.24) is 0 Å². The predicted octanol–water partition coefficient (Wildman–Crippen LogP) is 21.1. The molecule has 0 aliphatic heterocycles. The van der Waals surface area contributed by atoms with Crippen molar-refractivity contribution < 1.29 is 80.2 Å². The number of ether oxygens (including phenoxy) is 4. The zero-order valence-corrected chi connectivity index (χ0v) is 61.4. The SMILES string of the molecule is CCCC/C=C\CCCCCCCC(=O)OC(COC(=O)CCCCCCCC/C=C\C/C=C\C/C=C\CCCCC)COP(=O)(O)OCC(O)COP(=O)(O)OCC(COC(=O)CCCCCCC/C=C\CCCCCC)OC(=O)CCCCCCCCCCCCC. The molecular formula is C75H136O17P2. The lowest BCUT2D eigenvalue weighted by Crippen LogP contribution is -2.30. The molecule has 0 rings (SSSR count). The molecule has 0 bridgehead atoms. The lowest BCUT2D eigenvalue weighted by molar-refractivity contribution is -0.161. The van der Waals surface area contributed by atoms with E-state index in [-0.39, 0.29) is 25.7 Å². The molecule has 548 valence electrons. The zero-order chi connectivity index (χ0) is 69.0. The van der Waals surface area contributed by atoms with Crippen molar-refractivity contribution in [3.63, 3.8) is 0 Å². The van der Waals surface area contributed by atoms with E-state index < -0.39 is 97.5 Å². The molecule has 0 aromatic heterocycles. The van der Waals surface area contributed by atoms with Crippen molar-refractivity contribution in [3.05, 3.63) is 60.8 Å². The quantitative estimate of drug-likeness (QED) is 0.0169. The third kappa shape index (κ3) is 67.3. The molecule has 0 aliphatic rings. The molecule has 0 aromatic rings. The van der Waals surface area contributed by atoms with Gasteiger partial charge >= 0.3 is 39.5 Å². The summed E-state index contributed by atoms with van der Waals surface area (Å²) in [6.45, 7) is 4.78. The highest BCUT2D eigenvalue weighted by molar-refractivity contribution is 7.47. The van der Waals surface area contributed by atoms with Gasteiger partial charge in [-0.05, 0) is 109 Å². The van der Waals surface area contributed by atoms with Crippen LogP contribution in [-0.2, 0) is 65.4 Å². The summed E-state index contributed by atoms with van der Waals surface area (Å²) in [4.78, 5) is 72.6. The van der Waals surface area contributed by atoms with Crippen LogP contribution in [-0.4, -0.2) is 96.7 Å². The van der Waals surface area contributed by atoms with Crippen LogP contribution in [0.25, 0.3) is 0 Å². The maximum absolute atomic E-state index is 13.0. The minimum absolute atomic E-state index is 0.0846. The molecular weight excluding hydrogens is 1230 g/mol. The number of hydrogen-bond acceptors (Lipinski definition) is 15. The molecule has 0 aliphatic carbocycles. The van der Waals surface area contributed by atoms with E-state index in [1.165, 1.54) is 96.3 Å². The van der Waals surface area contributed by atoms with Gasteiger partial charge in [-0.3, -0.25) is 37.3 Å². The molecule has 17 nitrogen and oxygen atoms in total. The first kappa shape index (κ1) is 90.8. The van der Waals surface area contributed by atoms with E-state index in [2.05, 4.69) is 88.5 Å². The number of aliphatic hydroxyl groups is 1. The van der Waals surface area contributed by atoms with Crippen LogP contribution in [0.1, 0.15) is 336 Å². The van der Waals surface area contributed by atoms with Gasteiger partial charge in [-0.25, -0.2) is 9.13 Å². The molecule has 19 heteroatoms. The minimum atomic E-state index is -4.97. The van der Waals surface area contributed by atoms with Gasteiger partial charge in [-0.15, -0.1) is 0 Å². The van der Waals surface area contributed by atoms with Crippen LogP contribution in [0.4, 0.5) is 0 Å².